The first-order valence-electron chi connectivity index (χ1n) is 10.6. The van der Waals surface area contributed by atoms with Crippen molar-refractivity contribution in [3.8, 4) is 0 Å². The van der Waals surface area contributed by atoms with Gasteiger partial charge >= 0.3 is 6.18 Å². The van der Waals surface area contributed by atoms with Crippen LogP contribution in [0, 0.1) is 0 Å². The van der Waals surface area contributed by atoms with Crippen molar-refractivity contribution in [2.45, 2.75) is 18.6 Å². The maximum atomic E-state index is 13.0. The van der Waals surface area contributed by atoms with Crippen LogP contribution in [0.15, 0.2) is 36.7 Å². The Kier molecular flexibility index (Phi) is 5.95. The van der Waals surface area contributed by atoms with Gasteiger partial charge in [0.05, 0.1) is 10.6 Å². The molecule has 4 heterocycles. The van der Waals surface area contributed by atoms with E-state index in [9.17, 15) is 22.8 Å². The molecule has 2 aliphatic heterocycles. The first-order chi connectivity index (χ1) is 16.2. The predicted molar refractivity (Wildman–Crippen MR) is 122 cm³/mol. The van der Waals surface area contributed by atoms with Crippen LogP contribution < -0.4 is 4.90 Å². The number of fused-ring (bicyclic) bond motifs is 1. The molecule has 2 saturated heterocycles. The van der Waals surface area contributed by atoms with Gasteiger partial charge in [-0.3, -0.25) is 19.4 Å². The highest BCUT2D eigenvalue weighted by Crippen LogP contribution is 2.40. The Morgan fingerprint density at radius 3 is 2.56 bits per heavy atom. The molecule has 7 nitrogen and oxygen atoms in total. The van der Waals surface area contributed by atoms with E-state index < -0.39 is 11.7 Å². The number of alkyl halides is 3. The molecule has 1 aromatic carbocycles. The van der Waals surface area contributed by atoms with Crippen LogP contribution in [-0.4, -0.2) is 70.3 Å². The molecule has 0 unspecified atom stereocenters. The van der Waals surface area contributed by atoms with E-state index in [2.05, 4.69) is 14.9 Å². The summed E-state index contributed by atoms with van der Waals surface area (Å²) in [6.07, 6.45) is -0.948. The first-order valence-corrected chi connectivity index (χ1v) is 11.8. The third kappa shape index (κ3) is 4.23. The van der Waals surface area contributed by atoms with Crippen molar-refractivity contribution in [2.75, 3.05) is 37.6 Å². The van der Waals surface area contributed by atoms with Gasteiger partial charge in [-0.15, -0.1) is 11.3 Å². The summed E-state index contributed by atoms with van der Waals surface area (Å²) < 4.78 is 39.4. The fraction of sp³-hybridized carbons (Fsp3) is 0.364. The van der Waals surface area contributed by atoms with Crippen LogP contribution in [0.4, 0.5) is 19.1 Å². The third-order valence-corrected chi connectivity index (χ3v) is 7.78. The van der Waals surface area contributed by atoms with Gasteiger partial charge in [0.15, 0.2) is 0 Å². The quantitative estimate of drug-likeness (QED) is 0.535. The number of aromatic nitrogens is 2. The lowest BCUT2D eigenvalue weighted by Gasteiger charge is -2.45. The van der Waals surface area contributed by atoms with Crippen molar-refractivity contribution >= 4 is 50.8 Å². The molecule has 178 valence electrons. The second-order valence-electron chi connectivity index (χ2n) is 8.20. The number of amides is 2. The maximum Gasteiger partial charge on any atom is 0.416 e. The Balaban J connectivity index is 1.24. The average molecular weight is 510 g/mol. The van der Waals surface area contributed by atoms with Crippen molar-refractivity contribution in [2.24, 2.45) is 0 Å². The van der Waals surface area contributed by atoms with Gasteiger partial charge in [0.2, 0.25) is 11.9 Å². The maximum absolute atomic E-state index is 13.0. The molecule has 5 rings (SSSR count). The molecule has 0 bridgehead atoms. The van der Waals surface area contributed by atoms with Crippen LogP contribution >= 0.6 is 22.9 Å². The molecule has 2 amide bonds. The Hall–Kier alpha value is -2.76. The number of likely N-dealkylation sites (tertiary alicyclic amines) is 1. The Morgan fingerprint density at radius 2 is 1.85 bits per heavy atom. The van der Waals surface area contributed by atoms with Gasteiger partial charge in [-0.2, -0.15) is 13.2 Å². The van der Waals surface area contributed by atoms with Crippen molar-refractivity contribution in [3.63, 3.8) is 0 Å². The number of nitrogens with zero attached hydrogens (tertiary/aromatic N) is 5. The fourth-order valence-corrected chi connectivity index (χ4v) is 5.74. The fourth-order valence-electron chi connectivity index (χ4n) is 4.22. The zero-order valence-electron chi connectivity index (χ0n) is 17.8. The summed E-state index contributed by atoms with van der Waals surface area (Å²) in [4.78, 5) is 39.5. The Bertz CT molecular complexity index is 1250. The highest BCUT2D eigenvalue weighted by molar-refractivity contribution is 7.21. The van der Waals surface area contributed by atoms with Crippen LogP contribution in [0.2, 0.25) is 5.02 Å². The molecule has 2 aromatic heterocycles. The summed E-state index contributed by atoms with van der Waals surface area (Å²) in [6.45, 7) is 2.58. The van der Waals surface area contributed by atoms with Crippen molar-refractivity contribution in [1.29, 1.82) is 0 Å². The standard InChI is InChI=1S/C22H19ClF3N5O2S/c23-18-15-3-2-13(22(24,25)26)10-16(15)34-19(18)20(33)30-11-14(12-30)29-7-4-17(32)31(9-8-29)21-27-5-1-6-28-21/h1-3,5-6,10,14H,4,7-9,11-12H2. The summed E-state index contributed by atoms with van der Waals surface area (Å²) in [5.41, 5.74) is -0.772. The van der Waals surface area contributed by atoms with E-state index in [1.165, 1.54) is 6.07 Å². The normalized spacial score (nSPS) is 18.3. The summed E-state index contributed by atoms with van der Waals surface area (Å²) in [5, 5.41) is 0.621. The largest absolute Gasteiger partial charge is 0.416 e. The minimum atomic E-state index is -4.46. The molecule has 12 heteroatoms. The second kappa shape index (κ2) is 8.79. The molecule has 0 saturated carbocycles. The summed E-state index contributed by atoms with van der Waals surface area (Å²) in [7, 11) is 0. The highest BCUT2D eigenvalue weighted by Gasteiger charge is 2.38. The molecular weight excluding hydrogens is 491 g/mol. The van der Waals surface area contributed by atoms with Crippen molar-refractivity contribution in [1.82, 2.24) is 19.8 Å². The average Bonchev–Trinajstić information content (AvgIpc) is 2.99. The summed E-state index contributed by atoms with van der Waals surface area (Å²) >= 11 is 7.33. The lowest BCUT2D eigenvalue weighted by Crippen LogP contribution is -2.61. The second-order valence-corrected chi connectivity index (χ2v) is 9.63. The molecule has 0 N–H and O–H groups in total. The SMILES string of the molecule is O=C(c1sc2cc(C(F)(F)F)ccc2c1Cl)N1CC(N2CCC(=O)N(c3ncccn3)CC2)C1. The number of thiophene rings is 1. The van der Waals surface area contributed by atoms with E-state index in [1.807, 2.05) is 0 Å². The lowest BCUT2D eigenvalue weighted by molar-refractivity contribution is -0.137. The van der Waals surface area contributed by atoms with Crippen LogP contribution in [-0.2, 0) is 11.0 Å². The Morgan fingerprint density at radius 1 is 1.12 bits per heavy atom. The topological polar surface area (TPSA) is 69.6 Å². The highest BCUT2D eigenvalue weighted by atomic mass is 35.5. The molecule has 3 aromatic rings. The number of hydrogen-bond acceptors (Lipinski definition) is 6. The van der Waals surface area contributed by atoms with Gasteiger partial charge in [-0.05, 0) is 18.2 Å². The Labute approximate surface area is 201 Å². The molecule has 0 spiro atoms. The number of benzene rings is 1. The molecule has 0 atom stereocenters. The van der Waals surface area contributed by atoms with E-state index in [-0.39, 0.29) is 27.8 Å². The third-order valence-electron chi connectivity index (χ3n) is 6.14. The van der Waals surface area contributed by atoms with E-state index in [1.54, 1.807) is 28.3 Å². The molecular formula is C22H19ClF3N5O2S. The lowest BCUT2D eigenvalue weighted by atomic mass is 10.1. The number of carbonyl (C=O) groups is 2. The van der Waals surface area contributed by atoms with Gasteiger partial charge in [0.25, 0.3) is 5.91 Å². The van der Waals surface area contributed by atoms with E-state index in [0.717, 1.165) is 23.5 Å². The smallest absolute Gasteiger partial charge is 0.335 e. The minimum Gasteiger partial charge on any atom is -0.335 e. The summed E-state index contributed by atoms with van der Waals surface area (Å²) in [5.74, 6) is 0.0466. The number of anilines is 1. The van der Waals surface area contributed by atoms with Crippen LogP contribution in [0.5, 0.6) is 0 Å². The van der Waals surface area contributed by atoms with Crippen LogP contribution in [0.25, 0.3) is 10.1 Å². The van der Waals surface area contributed by atoms with Crippen molar-refractivity contribution in [3.05, 3.63) is 52.1 Å². The molecule has 2 fully saturated rings. The number of carbonyl (C=O) groups excluding carboxylic acids is 2. The van der Waals surface area contributed by atoms with Gasteiger partial charge in [-0.1, -0.05) is 17.7 Å². The monoisotopic (exact) mass is 509 g/mol. The van der Waals surface area contributed by atoms with E-state index >= 15 is 0 Å². The van der Waals surface area contributed by atoms with Gasteiger partial charge in [-0.25, -0.2) is 9.97 Å². The summed E-state index contributed by atoms with van der Waals surface area (Å²) in [6, 6.07) is 5.09. The zero-order chi connectivity index (χ0) is 24.0. The van der Waals surface area contributed by atoms with Crippen molar-refractivity contribution < 1.29 is 22.8 Å². The number of halogens is 4. The van der Waals surface area contributed by atoms with Gasteiger partial charge < -0.3 is 4.90 Å². The molecule has 34 heavy (non-hydrogen) atoms. The first kappa shape index (κ1) is 23.0. The van der Waals surface area contributed by atoms with Gasteiger partial charge in [0.1, 0.15) is 4.88 Å². The molecule has 2 aliphatic rings. The van der Waals surface area contributed by atoms with E-state index in [0.29, 0.717) is 55.2 Å². The minimum absolute atomic E-state index is 0.0451. The molecule has 0 radical (unpaired) electrons. The predicted octanol–water partition coefficient (Wildman–Crippen LogP) is 3.93. The number of rotatable bonds is 3. The zero-order valence-corrected chi connectivity index (χ0v) is 19.3. The van der Waals surface area contributed by atoms with Gasteiger partial charge in [0, 0.05) is 67.7 Å². The molecule has 0 aliphatic carbocycles. The van der Waals surface area contributed by atoms with E-state index in [4.69, 9.17) is 11.6 Å². The van der Waals surface area contributed by atoms with Crippen LogP contribution in [0.1, 0.15) is 21.7 Å². The number of hydrogen-bond donors (Lipinski definition) is 0. The van der Waals surface area contributed by atoms with Crippen LogP contribution in [0.3, 0.4) is 0 Å².